The maximum atomic E-state index is 10.9. The van der Waals surface area contributed by atoms with Crippen LogP contribution in [0, 0.1) is 0 Å². The third-order valence-electron chi connectivity index (χ3n) is 7.97. The summed E-state index contributed by atoms with van der Waals surface area (Å²) in [6.45, 7) is 2.29. The van der Waals surface area contributed by atoms with E-state index in [0.29, 0.717) is 6.42 Å². The molecule has 3 nitrogen and oxygen atoms in total. The van der Waals surface area contributed by atoms with E-state index in [-0.39, 0.29) is 6.61 Å². The Morgan fingerprint density at radius 1 is 0.561 bits per heavy atom. The van der Waals surface area contributed by atoms with Gasteiger partial charge in [-0.15, -0.1) is 0 Å². The standard InChI is InChI=1S/C38H52O3/c1-2-3-4-5-6-7-8-9-10-11-12-13-14-24-31-36(39)37(40)32-41-38(33-25-18-15-19-26-33,34-27-20-16-21-28-34)35-29-22-17-23-30-35/h7-8,15-23,25-30,36-37,39-40H,2-6,9-14,24,31-32H2,1H3/b8-7-. The highest BCUT2D eigenvalue weighted by Crippen LogP contribution is 2.40. The van der Waals surface area contributed by atoms with E-state index in [1.54, 1.807) is 0 Å². The number of hydrogen-bond acceptors (Lipinski definition) is 3. The lowest BCUT2D eigenvalue weighted by atomic mass is 9.80. The minimum Gasteiger partial charge on any atom is -0.390 e. The predicted molar refractivity (Wildman–Crippen MR) is 172 cm³/mol. The molecule has 222 valence electrons. The third-order valence-corrected chi connectivity index (χ3v) is 7.97. The molecule has 2 unspecified atom stereocenters. The Morgan fingerprint density at radius 3 is 1.44 bits per heavy atom. The van der Waals surface area contributed by atoms with Crippen LogP contribution >= 0.6 is 0 Å². The van der Waals surface area contributed by atoms with Gasteiger partial charge in [0.15, 0.2) is 0 Å². The molecule has 0 aliphatic carbocycles. The molecular formula is C38H52O3. The Kier molecular flexibility index (Phi) is 15.5. The second kappa shape index (κ2) is 19.4. The number of unbranched alkanes of at least 4 members (excludes halogenated alkanes) is 10. The van der Waals surface area contributed by atoms with E-state index in [2.05, 4.69) is 55.5 Å². The van der Waals surface area contributed by atoms with Gasteiger partial charge >= 0.3 is 0 Å². The van der Waals surface area contributed by atoms with Crippen molar-refractivity contribution in [1.82, 2.24) is 0 Å². The molecule has 0 radical (unpaired) electrons. The van der Waals surface area contributed by atoms with Crippen molar-refractivity contribution in [3.05, 3.63) is 120 Å². The van der Waals surface area contributed by atoms with E-state index in [1.165, 1.54) is 64.2 Å². The van der Waals surface area contributed by atoms with Crippen LogP contribution in [0.15, 0.2) is 103 Å². The van der Waals surface area contributed by atoms with Gasteiger partial charge < -0.3 is 14.9 Å². The Hall–Kier alpha value is -2.72. The van der Waals surface area contributed by atoms with Gasteiger partial charge in [0.1, 0.15) is 11.7 Å². The van der Waals surface area contributed by atoms with Crippen molar-refractivity contribution < 1.29 is 14.9 Å². The van der Waals surface area contributed by atoms with E-state index >= 15 is 0 Å². The summed E-state index contributed by atoms with van der Waals surface area (Å²) in [5.74, 6) is 0. The fourth-order valence-corrected chi connectivity index (χ4v) is 5.53. The monoisotopic (exact) mass is 556 g/mol. The Morgan fingerprint density at radius 2 is 0.976 bits per heavy atom. The molecule has 0 aliphatic heterocycles. The minimum absolute atomic E-state index is 0.0337. The van der Waals surface area contributed by atoms with E-state index in [9.17, 15) is 10.2 Å². The second-order valence-electron chi connectivity index (χ2n) is 11.2. The summed E-state index contributed by atoms with van der Waals surface area (Å²) >= 11 is 0. The number of ether oxygens (including phenoxy) is 1. The number of hydrogen-bond donors (Lipinski definition) is 2. The van der Waals surface area contributed by atoms with Crippen LogP contribution in [0.2, 0.25) is 0 Å². The maximum Gasteiger partial charge on any atom is 0.143 e. The third kappa shape index (κ3) is 10.9. The van der Waals surface area contributed by atoms with Gasteiger partial charge in [-0.1, -0.05) is 161 Å². The zero-order valence-corrected chi connectivity index (χ0v) is 25.2. The summed E-state index contributed by atoms with van der Waals surface area (Å²) in [5.41, 5.74) is 2.07. The van der Waals surface area contributed by atoms with Crippen LogP contribution in [-0.2, 0) is 10.3 Å². The van der Waals surface area contributed by atoms with Crippen LogP contribution < -0.4 is 0 Å². The highest BCUT2D eigenvalue weighted by molar-refractivity contribution is 5.47. The average Bonchev–Trinajstić information content (AvgIpc) is 3.03. The minimum atomic E-state index is -0.959. The van der Waals surface area contributed by atoms with E-state index < -0.39 is 17.8 Å². The molecule has 3 rings (SSSR count). The number of aliphatic hydroxyl groups is 2. The first-order valence-corrected chi connectivity index (χ1v) is 16.0. The first-order chi connectivity index (χ1) is 20.2. The first kappa shape index (κ1) is 32.8. The Labute approximate surface area is 249 Å². The molecule has 0 bridgehead atoms. The van der Waals surface area contributed by atoms with Crippen LogP contribution in [0.25, 0.3) is 0 Å². The smallest absolute Gasteiger partial charge is 0.143 e. The number of allylic oxidation sites excluding steroid dienone is 2. The number of rotatable bonds is 21. The second-order valence-corrected chi connectivity index (χ2v) is 11.2. The molecule has 0 amide bonds. The van der Waals surface area contributed by atoms with Gasteiger partial charge in [-0.05, 0) is 48.8 Å². The molecule has 0 aromatic heterocycles. The van der Waals surface area contributed by atoms with E-state index in [0.717, 1.165) is 29.5 Å². The number of aliphatic hydroxyl groups excluding tert-OH is 2. The fraction of sp³-hybridized carbons (Fsp3) is 0.474. The molecule has 0 heterocycles. The van der Waals surface area contributed by atoms with Gasteiger partial charge in [0, 0.05) is 0 Å². The first-order valence-electron chi connectivity index (χ1n) is 16.0. The van der Waals surface area contributed by atoms with Gasteiger partial charge in [-0.2, -0.15) is 0 Å². The molecule has 3 heteroatoms. The molecule has 2 N–H and O–H groups in total. The molecule has 0 spiro atoms. The summed E-state index contributed by atoms with van der Waals surface area (Å²) in [4.78, 5) is 0. The zero-order chi connectivity index (χ0) is 29.0. The maximum absolute atomic E-state index is 10.9. The van der Waals surface area contributed by atoms with Crippen molar-refractivity contribution >= 4 is 0 Å². The SMILES string of the molecule is CCCCCC/C=C\CCCCCCCCC(O)C(O)COC(c1ccccc1)(c1ccccc1)c1ccccc1. The van der Waals surface area contributed by atoms with E-state index in [1.807, 2.05) is 54.6 Å². The van der Waals surface area contributed by atoms with Gasteiger partial charge in [0.25, 0.3) is 0 Å². The average molecular weight is 557 g/mol. The highest BCUT2D eigenvalue weighted by atomic mass is 16.5. The summed E-state index contributed by atoms with van der Waals surface area (Å²) in [6, 6.07) is 30.4. The predicted octanol–water partition coefficient (Wildman–Crippen LogP) is 9.36. The summed E-state index contributed by atoms with van der Waals surface area (Å²) < 4.78 is 6.68. The highest BCUT2D eigenvalue weighted by Gasteiger charge is 2.38. The molecule has 3 aromatic carbocycles. The molecular weight excluding hydrogens is 504 g/mol. The summed E-state index contributed by atoms with van der Waals surface area (Å²) in [6.07, 6.45) is 18.2. The van der Waals surface area contributed by atoms with Crippen LogP contribution in [0.1, 0.15) is 107 Å². The quantitative estimate of drug-likeness (QED) is 0.0780. The van der Waals surface area contributed by atoms with Crippen LogP contribution in [0.3, 0.4) is 0 Å². The van der Waals surface area contributed by atoms with Gasteiger partial charge in [0.05, 0.1) is 12.7 Å². The Bertz CT molecular complexity index is 968. The molecule has 0 saturated heterocycles. The van der Waals surface area contributed by atoms with Crippen LogP contribution in [-0.4, -0.2) is 29.0 Å². The van der Waals surface area contributed by atoms with Crippen molar-refractivity contribution in [2.45, 2.75) is 108 Å². The zero-order valence-electron chi connectivity index (χ0n) is 25.2. The fourth-order valence-electron chi connectivity index (χ4n) is 5.53. The molecule has 3 aromatic rings. The molecule has 0 saturated carbocycles. The van der Waals surface area contributed by atoms with Crippen molar-refractivity contribution in [2.75, 3.05) is 6.61 Å². The van der Waals surface area contributed by atoms with E-state index in [4.69, 9.17) is 4.74 Å². The van der Waals surface area contributed by atoms with Crippen molar-refractivity contribution in [3.63, 3.8) is 0 Å². The van der Waals surface area contributed by atoms with Crippen LogP contribution in [0.4, 0.5) is 0 Å². The van der Waals surface area contributed by atoms with Gasteiger partial charge in [-0.25, -0.2) is 0 Å². The molecule has 0 aliphatic rings. The topological polar surface area (TPSA) is 49.7 Å². The largest absolute Gasteiger partial charge is 0.390 e. The summed E-state index contributed by atoms with van der Waals surface area (Å²) in [5, 5.41) is 21.7. The van der Waals surface area contributed by atoms with Crippen molar-refractivity contribution in [3.8, 4) is 0 Å². The van der Waals surface area contributed by atoms with Gasteiger partial charge in [-0.3, -0.25) is 0 Å². The normalized spacial score (nSPS) is 13.4. The Balaban J connectivity index is 1.45. The number of benzene rings is 3. The lowest BCUT2D eigenvalue weighted by Crippen LogP contribution is -2.39. The van der Waals surface area contributed by atoms with Gasteiger partial charge in [0.2, 0.25) is 0 Å². The lowest BCUT2D eigenvalue weighted by Gasteiger charge is -2.37. The van der Waals surface area contributed by atoms with Crippen LogP contribution in [0.5, 0.6) is 0 Å². The summed E-state index contributed by atoms with van der Waals surface area (Å²) in [7, 11) is 0. The molecule has 41 heavy (non-hydrogen) atoms. The lowest BCUT2D eigenvalue weighted by molar-refractivity contribution is -0.0802. The van der Waals surface area contributed by atoms with Crippen molar-refractivity contribution in [2.24, 2.45) is 0 Å². The molecule has 2 atom stereocenters. The molecule has 0 fully saturated rings. The van der Waals surface area contributed by atoms with Crippen molar-refractivity contribution in [1.29, 1.82) is 0 Å².